The van der Waals surface area contributed by atoms with Crippen LogP contribution in [0.3, 0.4) is 0 Å². The van der Waals surface area contributed by atoms with Crippen LogP contribution in [0, 0.1) is 0 Å². The fraction of sp³-hybridized carbons (Fsp3) is 0.692. The van der Waals surface area contributed by atoms with Gasteiger partial charge in [0, 0.05) is 24.5 Å². The largest absolute Gasteiger partial charge is 0.475 e. The third-order valence-corrected chi connectivity index (χ3v) is 2.70. The minimum atomic E-state index is 0.114. The van der Waals surface area contributed by atoms with E-state index < -0.39 is 0 Å². The first-order valence-electron chi connectivity index (χ1n) is 6.36. The summed E-state index contributed by atoms with van der Waals surface area (Å²) in [6.07, 6.45) is 2.59. The lowest BCUT2D eigenvalue weighted by atomic mass is 10.3. The van der Waals surface area contributed by atoms with Gasteiger partial charge < -0.3 is 9.64 Å². The Kier molecular flexibility index (Phi) is 6.19. The summed E-state index contributed by atoms with van der Waals surface area (Å²) in [5.74, 6) is 2.16. The number of hydrogen-bond acceptors (Lipinski definition) is 4. The van der Waals surface area contributed by atoms with Crippen molar-refractivity contribution in [1.29, 1.82) is 0 Å². The molecular formula is C13H22ClN3O. The lowest BCUT2D eigenvalue weighted by Gasteiger charge is -2.27. The molecule has 4 nitrogen and oxygen atoms in total. The average Bonchev–Trinajstić information content (AvgIpc) is 2.28. The van der Waals surface area contributed by atoms with Crippen LogP contribution in [0.15, 0.2) is 12.4 Å². The molecule has 0 fully saturated rings. The third kappa shape index (κ3) is 4.69. The van der Waals surface area contributed by atoms with Crippen LogP contribution in [0.25, 0.3) is 0 Å². The van der Waals surface area contributed by atoms with Gasteiger partial charge in [-0.1, -0.05) is 0 Å². The summed E-state index contributed by atoms with van der Waals surface area (Å²) in [6.45, 7) is 9.13. The molecule has 0 saturated heterocycles. The molecular weight excluding hydrogens is 250 g/mol. The normalized spacial score (nSPS) is 11.1. The van der Waals surface area contributed by atoms with Gasteiger partial charge in [-0.05, 0) is 34.1 Å². The van der Waals surface area contributed by atoms with E-state index in [-0.39, 0.29) is 6.10 Å². The molecule has 0 radical (unpaired) electrons. The number of alkyl halides is 1. The molecule has 0 aliphatic rings. The summed E-state index contributed by atoms with van der Waals surface area (Å²) in [4.78, 5) is 10.6. The van der Waals surface area contributed by atoms with Crippen LogP contribution < -0.4 is 9.64 Å². The fourth-order valence-electron chi connectivity index (χ4n) is 1.66. The molecule has 0 atom stereocenters. The minimum absolute atomic E-state index is 0.114. The average molecular weight is 272 g/mol. The van der Waals surface area contributed by atoms with E-state index in [4.69, 9.17) is 16.3 Å². The molecule has 1 aromatic rings. The first kappa shape index (κ1) is 15.0. The van der Waals surface area contributed by atoms with Gasteiger partial charge >= 0.3 is 0 Å². The van der Waals surface area contributed by atoms with E-state index in [2.05, 4.69) is 28.7 Å². The standard InChI is InChI=1S/C13H22ClN3O/c1-10(2)17(7-5-6-14)12-8-13(16-9-15-12)18-11(3)4/h8-11H,5-7H2,1-4H3. The number of anilines is 1. The number of nitrogens with zero attached hydrogens (tertiary/aromatic N) is 3. The molecule has 1 rings (SSSR count). The molecule has 0 aliphatic carbocycles. The van der Waals surface area contributed by atoms with Gasteiger partial charge in [-0.3, -0.25) is 0 Å². The lowest BCUT2D eigenvalue weighted by Crippen LogP contribution is -2.32. The molecule has 0 aromatic carbocycles. The smallest absolute Gasteiger partial charge is 0.218 e. The van der Waals surface area contributed by atoms with Crippen molar-refractivity contribution in [1.82, 2.24) is 9.97 Å². The van der Waals surface area contributed by atoms with Crippen LogP contribution in [0.2, 0.25) is 0 Å². The van der Waals surface area contributed by atoms with Gasteiger partial charge in [0.05, 0.1) is 6.10 Å². The van der Waals surface area contributed by atoms with Gasteiger partial charge in [-0.15, -0.1) is 11.6 Å². The van der Waals surface area contributed by atoms with E-state index in [9.17, 15) is 0 Å². The minimum Gasteiger partial charge on any atom is -0.475 e. The predicted molar refractivity (Wildman–Crippen MR) is 75.6 cm³/mol. The van der Waals surface area contributed by atoms with E-state index in [0.717, 1.165) is 18.8 Å². The summed E-state index contributed by atoms with van der Waals surface area (Å²) in [5.41, 5.74) is 0. The highest BCUT2D eigenvalue weighted by Crippen LogP contribution is 2.19. The van der Waals surface area contributed by atoms with E-state index >= 15 is 0 Å². The highest BCUT2D eigenvalue weighted by atomic mass is 35.5. The molecule has 0 aliphatic heterocycles. The third-order valence-electron chi connectivity index (χ3n) is 2.43. The molecule has 0 unspecified atom stereocenters. The second-order valence-electron chi connectivity index (χ2n) is 4.71. The van der Waals surface area contributed by atoms with Crippen LogP contribution in [0.1, 0.15) is 34.1 Å². The van der Waals surface area contributed by atoms with Gasteiger partial charge in [0.15, 0.2) is 0 Å². The summed E-state index contributed by atoms with van der Waals surface area (Å²) >= 11 is 5.75. The molecule has 5 heteroatoms. The monoisotopic (exact) mass is 271 g/mol. The van der Waals surface area contributed by atoms with Crippen molar-refractivity contribution < 1.29 is 4.74 Å². The number of ether oxygens (including phenoxy) is 1. The second-order valence-corrected chi connectivity index (χ2v) is 5.09. The predicted octanol–water partition coefficient (Wildman–Crippen LogP) is 3.11. The van der Waals surface area contributed by atoms with Crippen molar-refractivity contribution in [3.05, 3.63) is 12.4 Å². The molecule has 0 N–H and O–H groups in total. The fourth-order valence-corrected chi connectivity index (χ4v) is 1.78. The molecule has 18 heavy (non-hydrogen) atoms. The van der Waals surface area contributed by atoms with Gasteiger partial charge in [0.25, 0.3) is 0 Å². The highest BCUT2D eigenvalue weighted by Gasteiger charge is 2.13. The number of halogens is 1. The van der Waals surface area contributed by atoms with Crippen molar-refractivity contribution >= 4 is 17.4 Å². The molecule has 0 saturated carbocycles. The Labute approximate surface area is 114 Å². The molecule has 0 spiro atoms. The van der Waals surface area contributed by atoms with Gasteiger partial charge in [0.1, 0.15) is 12.1 Å². The van der Waals surface area contributed by atoms with Crippen LogP contribution in [-0.2, 0) is 0 Å². The SMILES string of the molecule is CC(C)Oc1cc(N(CCCCl)C(C)C)ncn1. The zero-order valence-electron chi connectivity index (χ0n) is 11.6. The first-order valence-corrected chi connectivity index (χ1v) is 6.89. The molecule has 1 aromatic heterocycles. The number of rotatable bonds is 7. The Hall–Kier alpha value is -1.03. The first-order chi connectivity index (χ1) is 8.54. The van der Waals surface area contributed by atoms with Crippen molar-refractivity contribution in [2.24, 2.45) is 0 Å². The number of hydrogen-bond donors (Lipinski definition) is 0. The quantitative estimate of drug-likeness (QED) is 0.714. The molecule has 0 amide bonds. The zero-order chi connectivity index (χ0) is 13.5. The van der Waals surface area contributed by atoms with Crippen LogP contribution >= 0.6 is 11.6 Å². The maximum absolute atomic E-state index is 5.75. The zero-order valence-corrected chi connectivity index (χ0v) is 12.3. The van der Waals surface area contributed by atoms with Gasteiger partial charge in [-0.2, -0.15) is 0 Å². The summed E-state index contributed by atoms with van der Waals surface area (Å²) in [6, 6.07) is 2.25. The van der Waals surface area contributed by atoms with E-state index in [1.165, 1.54) is 0 Å². The Morgan fingerprint density at radius 2 is 2.00 bits per heavy atom. The van der Waals surface area contributed by atoms with Crippen molar-refractivity contribution in [2.45, 2.75) is 46.3 Å². The lowest BCUT2D eigenvalue weighted by molar-refractivity contribution is 0.232. The Balaban J connectivity index is 2.83. The van der Waals surface area contributed by atoms with Crippen molar-refractivity contribution in [3.8, 4) is 5.88 Å². The number of aromatic nitrogens is 2. The Morgan fingerprint density at radius 3 is 2.56 bits per heavy atom. The van der Waals surface area contributed by atoms with Crippen molar-refractivity contribution in [3.63, 3.8) is 0 Å². The van der Waals surface area contributed by atoms with Crippen molar-refractivity contribution in [2.75, 3.05) is 17.3 Å². The maximum atomic E-state index is 5.75. The molecule has 1 heterocycles. The Morgan fingerprint density at radius 1 is 1.28 bits per heavy atom. The summed E-state index contributed by atoms with van der Waals surface area (Å²) < 4.78 is 5.59. The van der Waals surface area contributed by atoms with Gasteiger partial charge in [0.2, 0.25) is 5.88 Å². The van der Waals surface area contributed by atoms with Crippen LogP contribution in [0.5, 0.6) is 5.88 Å². The van der Waals surface area contributed by atoms with Gasteiger partial charge in [-0.25, -0.2) is 9.97 Å². The van der Waals surface area contributed by atoms with E-state index in [1.54, 1.807) is 6.33 Å². The highest BCUT2D eigenvalue weighted by molar-refractivity contribution is 6.17. The second kappa shape index (κ2) is 7.41. The van der Waals surface area contributed by atoms with E-state index in [1.807, 2.05) is 19.9 Å². The maximum Gasteiger partial charge on any atom is 0.218 e. The molecule has 0 bridgehead atoms. The molecule has 102 valence electrons. The Bertz CT molecular complexity index is 358. The summed E-state index contributed by atoms with van der Waals surface area (Å²) in [5, 5.41) is 0. The van der Waals surface area contributed by atoms with E-state index in [0.29, 0.717) is 17.8 Å². The van der Waals surface area contributed by atoms with Crippen LogP contribution in [-0.4, -0.2) is 34.5 Å². The topological polar surface area (TPSA) is 38.2 Å². The summed E-state index contributed by atoms with van der Waals surface area (Å²) in [7, 11) is 0. The van der Waals surface area contributed by atoms with Crippen LogP contribution in [0.4, 0.5) is 5.82 Å².